The van der Waals surface area contributed by atoms with Gasteiger partial charge in [-0.1, -0.05) is 23.4 Å². The summed E-state index contributed by atoms with van der Waals surface area (Å²) < 4.78 is 10.5. The van der Waals surface area contributed by atoms with Crippen LogP contribution in [0.2, 0.25) is 0 Å². The highest BCUT2D eigenvalue weighted by molar-refractivity contribution is 5.83. The fourth-order valence-corrected chi connectivity index (χ4v) is 2.29. The molecule has 2 heterocycles. The number of hydrogen-bond donors (Lipinski definition) is 2. The molecule has 0 aliphatic heterocycles. The number of para-hydroxylation sites is 1. The van der Waals surface area contributed by atoms with Crippen molar-refractivity contribution in [2.45, 2.75) is 26.0 Å². The molecule has 3 N–H and O–H groups in total. The molecule has 0 aliphatic rings. The minimum Gasteiger partial charge on any atom is -0.374 e. The Balaban J connectivity index is 1.73. The summed E-state index contributed by atoms with van der Waals surface area (Å²) in [7, 11) is 0. The highest BCUT2D eigenvalue weighted by Gasteiger charge is 2.17. The van der Waals surface area contributed by atoms with Crippen molar-refractivity contribution in [3.05, 3.63) is 47.7 Å². The van der Waals surface area contributed by atoms with E-state index in [1.807, 2.05) is 31.3 Å². The van der Waals surface area contributed by atoms with Crippen LogP contribution in [0.15, 0.2) is 35.0 Å². The normalized spacial score (nSPS) is 12.9. The number of ether oxygens (including phenoxy) is 1. The largest absolute Gasteiger partial charge is 0.374 e. The van der Waals surface area contributed by atoms with E-state index in [0.29, 0.717) is 31.3 Å². The molecule has 1 aromatic carbocycles. The number of nitrogens with zero attached hydrogens (tertiary/aromatic N) is 2. The molecule has 0 amide bonds. The van der Waals surface area contributed by atoms with Crippen LogP contribution >= 0.6 is 0 Å². The first kappa shape index (κ1) is 13.8. The van der Waals surface area contributed by atoms with Gasteiger partial charge >= 0.3 is 0 Å². The van der Waals surface area contributed by atoms with Gasteiger partial charge in [0.05, 0.1) is 6.04 Å². The van der Waals surface area contributed by atoms with Gasteiger partial charge in [0.25, 0.3) is 0 Å². The highest BCUT2D eigenvalue weighted by atomic mass is 16.5. The van der Waals surface area contributed by atoms with Crippen LogP contribution in [0.4, 0.5) is 0 Å². The molecule has 0 bridgehead atoms. The van der Waals surface area contributed by atoms with Crippen LogP contribution in [0.3, 0.4) is 0 Å². The van der Waals surface area contributed by atoms with Crippen LogP contribution in [-0.4, -0.2) is 21.7 Å². The zero-order valence-electron chi connectivity index (χ0n) is 11.9. The predicted molar refractivity (Wildman–Crippen MR) is 78.6 cm³/mol. The second-order valence-corrected chi connectivity index (χ2v) is 4.86. The number of nitrogens with two attached hydrogens (primary N) is 1. The smallest absolute Gasteiger partial charge is 0.243 e. The molecule has 21 heavy (non-hydrogen) atoms. The standard InChI is InChI=1S/C15H18N4O2/c1-2-20-9-14-18-15(21-19-14)12(16)7-10-8-17-13-6-4-3-5-11(10)13/h3-6,8,12,17H,2,7,9,16H2,1H3/t12-/m1/s1. The van der Waals surface area contributed by atoms with Gasteiger partial charge in [-0.05, 0) is 25.0 Å². The topological polar surface area (TPSA) is 90.0 Å². The van der Waals surface area contributed by atoms with Crippen molar-refractivity contribution < 1.29 is 9.26 Å². The Labute approximate surface area is 122 Å². The van der Waals surface area contributed by atoms with E-state index < -0.39 is 0 Å². The Morgan fingerprint density at radius 3 is 3.10 bits per heavy atom. The average Bonchev–Trinajstić information content (AvgIpc) is 3.13. The minimum absolute atomic E-state index is 0.327. The number of benzene rings is 1. The van der Waals surface area contributed by atoms with E-state index in [0.717, 1.165) is 11.1 Å². The third-order valence-corrected chi connectivity index (χ3v) is 3.35. The summed E-state index contributed by atoms with van der Waals surface area (Å²) in [4.78, 5) is 7.51. The molecule has 110 valence electrons. The van der Waals surface area contributed by atoms with Gasteiger partial charge in [0, 0.05) is 23.7 Å². The maximum absolute atomic E-state index is 6.17. The molecule has 3 rings (SSSR count). The third-order valence-electron chi connectivity index (χ3n) is 3.35. The molecule has 0 radical (unpaired) electrons. The second-order valence-electron chi connectivity index (χ2n) is 4.86. The zero-order chi connectivity index (χ0) is 14.7. The van der Waals surface area contributed by atoms with Crippen LogP contribution in [0.5, 0.6) is 0 Å². The average molecular weight is 286 g/mol. The Kier molecular flexibility index (Phi) is 3.98. The van der Waals surface area contributed by atoms with Gasteiger partial charge in [0.2, 0.25) is 5.89 Å². The lowest BCUT2D eigenvalue weighted by atomic mass is 10.1. The number of hydrogen-bond acceptors (Lipinski definition) is 5. The summed E-state index contributed by atoms with van der Waals surface area (Å²) in [6.07, 6.45) is 2.61. The van der Waals surface area contributed by atoms with Gasteiger partial charge < -0.3 is 20.0 Å². The molecule has 6 nitrogen and oxygen atoms in total. The molecular formula is C15H18N4O2. The Morgan fingerprint density at radius 1 is 1.38 bits per heavy atom. The summed E-state index contributed by atoms with van der Waals surface area (Å²) in [5, 5.41) is 5.04. The fourth-order valence-electron chi connectivity index (χ4n) is 2.29. The maximum atomic E-state index is 6.17. The predicted octanol–water partition coefficient (Wildman–Crippen LogP) is 2.33. The summed E-state index contributed by atoms with van der Waals surface area (Å²) in [5.74, 6) is 0.969. The summed E-state index contributed by atoms with van der Waals surface area (Å²) in [6, 6.07) is 7.80. The lowest BCUT2D eigenvalue weighted by Gasteiger charge is -2.05. The molecular weight excluding hydrogens is 268 g/mol. The van der Waals surface area contributed by atoms with Gasteiger partial charge in [0.15, 0.2) is 5.82 Å². The van der Waals surface area contributed by atoms with E-state index in [-0.39, 0.29) is 6.04 Å². The first-order chi connectivity index (χ1) is 10.3. The van der Waals surface area contributed by atoms with Crippen LogP contribution in [0.25, 0.3) is 10.9 Å². The van der Waals surface area contributed by atoms with E-state index in [1.165, 1.54) is 5.39 Å². The van der Waals surface area contributed by atoms with Gasteiger partial charge in [0.1, 0.15) is 6.61 Å². The van der Waals surface area contributed by atoms with Crippen molar-refractivity contribution >= 4 is 10.9 Å². The van der Waals surface area contributed by atoms with Gasteiger partial charge in [-0.25, -0.2) is 0 Å². The van der Waals surface area contributed by atoms with Crippen molar-refractivity contribution in [3.8, 4) is 0 Å². The fraction of sp³-hybridized carbons (Fsp3) is 0.333. The van der Waals surface area contributed by atoms with E-state index in [1.54, 1.807) is 0 Å². The first-order valence-electron chi connectivity index (χ1n) is 6.98. The molecule has 2 aromatic heterocycles. The highest BCUT2D eigenvalue weighted by Crippen LogP contribution is 2.22. The molecule has 0 saturated carbocycles. The molecule has 3 aromatic rings. The number of aromatic amines is 1. The maximum Gasteiger partial charge on any atom is 0.243 e. The summed E-state index contributed by atoms with van der Waals surface area (Å²) in [5.41, 5.74) is 8.41. The molecule has 0 spiro atoms. The van der Waals surface area contributed by atoms with Crippen molar-refractivity contribution in [1.29, 1.82) is 0 Å². The van der Waals surface area contributed by atoms with Crippen LogP contribution < -0.4 is 5.73 Å². The van der Waals surface area contributed by atoms with E-state index in [2.05, 4.69) is 21.2 Å². The molecule has 0 aliphatic carbocycles. The van der Waals surface area contributed by atoms with E-state index in [9.17, 15) is 0 Å². The monoisotopic (exact) mass is 286 g/mol. The number of fused-ring (bicyclic) bond motifs is 1. The lowest BCUT2D eigenvalue weighted by molar-refractivity contribution is 0.126. The first-order valence-corrected chi connectivity index (χ1v) is 6.98. The van der Waals surface area contributed by atoms with Crippen LogP contribution in [0.1, 0.15) is 30.2 Å². The van der Waals surface area contributed by atoms with Gasteiger partial charge in [-0.2, -0.15) is 4.98 Å². The molecule has 1 atom stereocenters. The number of nitrogens with one attached hydrogen (secondary N) is 1. The number of aromatic nitrogens is 3. The zero-order valence-corrected chi connectivity index (χ0v) is 11.9. The Morgan fingerprint density at radius 2 is 2.24 bits per heavy atom. The van der Waals surface area contributed by atoms with Crippen molar-refractivity contribution in [3.63, 3.8) is 0 Å². The van der Waals surface area contributed by atoms with Gasteiger partial charge in [-0.15, -0.1) is 0 Å². The Hall–Kier alpha value is -2.18. The summed E-state index contributed by atoms with van der Waals surface area (Å²) >= 11 is 0. The third kappa shape index (κ3) is 2.96. The molecule has 0 saturated heterocycles. The van der Waals surface area contributed by atoms with E-state index in [4.69, 9.17) is 15.0 Å². The van der Waals surface area contributed by atoms with Crippen molar-refractivity contribution in [1.82, 2.24) is 15.1 Å². The number of H-pyrrole nitrogens is 1. The lowest BCUT2D eigenvalue weighted by Crippen LogP contribution is -2.13. The summed E-state index contributed by atoms with van der Waals surface area (Å²) in [6.45, 7) is 2.88. The second kappa shape index (κ2) is 6.07. The molecule has 0 unspecified atom stereocenters. The van der Waals surface area contributed by atoms with Crippen molar-refractivity contribution in [2.24, 2.45) is 5.73 Å². The number of rotatable bonds is 6. The van der Waals surface area contributed by atoms with E-state index >= 15 is 0 Å². The van der Waals surface area contributed by atoms with Gasteiger partial charge in [-0.3, -0.25) is 0 Å². The van der Waals surface area contributed by atoms with Crippen molar-refractivity contribution in [2.75, 3.05) is 6.61 Å². The SMILES string of the molecule is CCOCc1noc([C@H](N)Cc2c[nH]c3ccccc23)n1. The quantitative estimate of drug-likeness (QED) is 0.726. The Bertz CT molecular complexity index is 719. The minimum atomic E-state index is -0.327. The van der Waals surface area contributed by atoms with Crippen LogP contribution in [-0.2, 0) is 17.8 Å². The molecule has 6 heteroatoms. The molecule has 0 fully saturated rings. The van der Waals surface area contributed by atoms with Crippen LogP contribution in [0, 0.1) is 0 Å².